The number of rotatable bonds is 4. The molecule has 0 atom stereocenters. The molecule has 0 unspecified atom stereocenters. The lowest BCUT2D eigenvalue weighted by Crippen LogP contribution is -2.19. The first-order valence-electron chi connectivity index (χ1n) is 6.62. The number of nitrogens with one attached hydrogen (secondary N) is 2. The summed E-state index contributed by atoms with van der Waals surface area (Å²) < 4.78 is 4.84. The number of anilines is 2. The van der Waals surface area contributed by atoms with Crippen LogP contribution in [0, 0.1) is 0 Å². The molecular weight excluding hydrogens is 298 g/mol. The number of para-hydroxylation sites is 1. The van der Waals surface area contributed by atoms with Gasteiger partial charge in [0.15, 0.2) is 0 Å². The van der Waals surface area contributed by atoms with Gasteiger partial charge in [0.2, 0.25) is 5.88 Å². The van der Waals surface area contributed by atoms with Crippen molar-refractivity contribution in [3.8, 4) is 0 Å². The predicted molar refractivity (Wildman–Crippen MR) is 86.2 cm³/mol. The lowest BCUT2D eigenvalue weighted by Gasteiger charge is -2.10. The molecule has 2 N–H and O–H groups in total. The van der Waals surface area contributed by atoms with Gasteiger partial charge in [0, 0.05) is 15.9 Å². The molecule has 0 saturated carbocycles. The van der Waals surface area contributed by atoms with Crippen molar-refractivity contribution >= 4 is 29.4 Å². The van der Waals surface area contributed by atoms with E-state index in [-0.39, 0.29) is 6.03 Å². The molecule has 0 bridgehead atoms. The van der Waals surface area contributed by atoms with Crippen molar-refractivity contribution in [3.05, 3.63) is 66.9 Å². The van der Waals surface area contributed by atoms with Gasteiger partial charge < -0.3 is 9.84 Å². The Hall–Kier alpha value is -2.73. The van der Waals surface area contributed by atoms with Crippen molar-refractivity contribution in [2.45, 2.75) is 9.79 Å². The summed E-state index contributed by atoms with van der Waals surface area (Å²) >= 11 is 1.59. The van der Waals surface area contributed by atoms with Gasteiger partial charge >= 0.3 is 6.03 Å². The molecule has 22 heavy (non-hydrogen) atoms. The fourth-order valence-corrected chi connectivity index (χ4v) is 2.74. The van der Waals surface area contributed by atoms with E-state index in [4.69, 9.17) is 4.52 Å². The van der Waals surface area contributed by atoms with Gasteiger partial charge in [-0.25, -0.2) is 4.79 Å². The summed E-state index contributed by atoms with van der Waals surface area (Å²) in [6.07, 6.45) is 1.47. The molecule has 0 saturated heterocycles. The fourth-order valence-electron chi connectivity index (χ4n) is 1.82. The summed E-state index contributed by atoms with van der Waals surface area (Å²) in [5.41, 5.74) is 0.730. The van der Waals surface area contributed by atoms with Gasteiger partial charge in [-0.1, -0.05) is 47.3 Å². The van der Waals surface area contributed by atoms with E-state index in [9.17, 15) is 4.79 Å². The number of hydrogen-bond acceptors (Lipinski definition) is 4. The zero-order valence-electron chi connectivity index (χ0n) is 11.5. The number of hydrogen-bond donors (Lipinski definition) is 2. The maximum atomic E-state index is 12.0. The SMILES string of the molecule is O=C(Nc1ccno1)Nc1ccccc1Sc1ccccc1. The molecule has 110 valence electrons. The van der Waals surface area contributed by atoms with Gasteiger partial charge in [0.25, 0.3) is 0 Å². The van der Waals surface area contributed by atoms with Crippen molar-refractivity contribution in [2.24, 2.45) is 0 Å². The quantitative estimate of drug-likeness (QED) is 0.746. The lowest BCUT2D eigenvalue weighted by atomic mass is 10.3. The average Bonchev–Trinajstić information content (AvgIpc) is 3.03. The fraction of sp³-hybridized carbons (Fsp3) is 0. The highest BCUT2D eigenvalue weighted by Crippen LogP contribution is 2.33. The van der Waals surface area contributed by atoms with E-state index in [1.54, 1.807) is 17.8 Å². The summed E-state index contributed by atoms with van der Waals surface area (Å²) in [6, 6.07) is 18.8. The molecule has 3 aromatic rings. The Morgan fingerprint density at radius 3 is 2.50 bits per heavy atom. The van der Waals surface area contributed by atoms with Gasteiger partial charge in [-0.05, 0) is 24.3 Å². The van der Waals surface area contributed by atoms with Crippen LogP contribution in [0.25, 0.3) is 0 Å². The number of carbonyl (C=O) groups excluding carboxylic acids is 1. The minimum absolute atomic E-state index is 0.297. The van der Waals surface area contributed by atoms with Crippen LogP contribution >= 0.6 is 11.8 Å². The Morgan fingerprint density at radius 2 is 1.73 bits per heavy atom. The third-order valence-electron chi connectivity index (χ3n) is 2.78. The zero-order valence-corrected chi connectivity index (χ0v) is 12.3. The van der Waals surface area contributed by atoms with Gasteiger partial charge in [-0.2, -0.15) is 0 Å². The number of amides is 2. The van der Waals surface area contributed by atoms with Gasteiger partial charge in [0.05, 0.1) is 11.9 Å². The molecule has 0 radical (unpaired) electrons. The molecule has 5 nitrogen and oxygen atoms in total. The molecule has 6 heteroatoms. The first-order valence-corrected chi connectivity index (χ1v) is 7.43. The molecule has 0 aliphatic rings. The van der Waals surface area contributed by atoms with Gasteiger partial charge in [-0.3, -0.25) is 5.32 Å². The van der Waals surface area contributed by atoms with Crippen LogP contribution in [0.2, 0.25) is 0 Å². The Bertz CT molecular complexity index is 745. The molecule has 0 aliphatic carbocycles. The smallest absolute Gasteiger partial charge is 0.326 e. The lowest BCUT2D eigenvalue weighted by molar-refractivity contribution is 0.261. The van der Waals surface area contributed by atoms with E-state index in [2.05, 4.69) is 15.8 Å². The number of carbonyl (C=O) groups is 1. The normalized spacial score (nSPS) is 10.2. The maximum absolute atomic E-state index is 12.0. The van der Waals surface area contributed by atoms with E-state index < -0.39 is 0 Å². The second-order valence-electron chi connectivity index (χ2n) is 4.37. The monoisotopic (exact) mass is 311 g/mol. The van der Waals surface area contributed by atoms with Crippen LogP contribution < -0.4 is 10.6 Å². The Kier molecular flexibility index (Phi) is 4.41. The van der Waals surface area contributed by atoms with Crippen LogP contribution in [0.1, 0.15) is 0 Å². The summed E-state index contributed by atoms with van der Waals surface area (Å²) in [7, 11) is 0. The van der Waals surface area contributed by atoms with Crippen LogP contribution in [0.5, 0.6) is 0 Å². The summed E-state index contributed by atoms with van der Waals surface area (Å²) in [6.45, 7) is 0. The van der Waals surface area contributed by atoms with Crippen LogP contribution in [0.15, 0.2) is 81.2 Å². The standard InChI is InChI=1S/C16H13N3O2S/c20-16(19-15-10-11-17-21-15)18-13-8-4-5-9-14(13)22-12-6-2-1-3-7-12/h1-11H,(H2,18,19,20). The van der Waals surface area contributed by atoms with E-state index >= 15 is 0 Å². The summed E-state index contributed by atoms with van der Waals surface area (Å²) in [5.74, 6) is 0.297. The Balaban J connectivity index is 1.72. The van der Waals surface area contributed by atoms with Gasteiger partial charge in [0.1, 0.15) is 0 Å². The van der Waals surface area contributed by atoms with Crippen LogP contribution in [0.4, 0.5) is 16.4 Å². The molecule has 1 heterocycles. The highest BCUT2D eigenvalue weighted by atomic mass is 32.2. The third kappa shape index (κ3) is 3.67. The van der Waals surface area contributed by atoms with Crippen molar-refractivity contribution < 1.29 is 9.32 Å². The van der Waals surface area contributed by atoms with E-state index in [0.717, 1.165) is 15.5 Å². The largest absolute Gasteiger partial charge is 0.338 e. The van der Waals surface area contributed by atoms with Crippen LogP contribution in [0.3, 0.4) is 0 Å². The van der Waals surface area contributed by atoms with E-state index in [1.807, 2.05) is 54.6 Å². The Labute approximate surface area is 131 Å². The zero-order chi connectivity index (χ0) is 15.2. The maximum Gasteiger partial charge on any atom is 0.326 e. The first-order chi connectivity index (χ1) is 10.8. The van der Waals surface area contributed by atoms with Crippen molar-refractivity contribution in [2.75, 3.05) is 10.6 Å². The third-order valence-corrected chi connectivity index (χ3v) is 3.86. The summed E-state index contributed by atoms with van der Waals surface area (Å²) in [5, 5.41) is 8.92. The highest BCUT2D eigenvalue weighted by molar-refractivity contribution is 7.99. The molecule has 1 aromatic heterocycles. The molecule has 2 aromatic carbocycles. The molecule has 0 spiro atoms. The molecule has 0 aliphatic heterocycles. The minimum atomic E-state index is -0.377. The van der Waals surface area contributed by atoms with E-state index in [1.165, 1.54) is 6.20 Å². The molecular formula is C16H13N3O2S. The highest BCUT2D eigenvalue weighted by Gasteiger charge is 2.09. The topological polar surface area (TPSA) is 67.2 Å². The number of nitrogens with zero attached hydrogens (tertiary/aromatic N) is 1. The van der Waals surface area contributed by atoms with Crippen molar-refractivity contribution in [1.29, 1.82) is 0 Å². The van der Waals surface area contributed by atoms with Gasteiger partial charge in [-0.15, -0.1) is 0 Å². The number of benzene rings is 2. The van der Waals surface area contributed by atoms with E-state index in [0.29, 0.717) is 5.88 Å². The number of aromatic nitrogens is 1. The Morgan fingerprint density at radius 1 is 0.955 bits per heavy atom. The average molecular weight is 311 g/mol. The second-order valence-corrected chi connectivity index (χ2v) is 5.48. The summed E-state index contributed by atoms with van der Waals surface area (Å²) in [4.78, 5) is 14.0. The first kappa shape index (κ1) is 14.2. The van der Waals surface area contributed by atoms with Crippen LogP contribution in [-0.4, -0.2) is 11.2 Å². The molecule has 0 fully saturated rings. The van der Waals surface area contributed by atoms with Crippen molar-refractivity contribution in [3.63, 3.8) is 0 Å². The van der Waals surface area contributed by atoms with Crippen molar-refractivity contribution in [1.82, 2.24) is 5.16 Å². The molecule has 3 rings (SSSR count). The predicted octanol–water partition coefficient (Wildman–Crippen LogP) is 4.47. The molecule has 2 amide bonds. The second kappa shape index (κ2) is 6.82. The number of urea groups is 1. The minimum Gasteiger partial charge on any atom is -0.338 e. The van der Waals surface area contributed by atoms with Crippen LogP contribution in [-0.2, 0) is 0 Å².